The molecule has 0 radical (unpaired) electrons. The Balaban J connectivity index is 4.31. The molecule has 0 aromatic heterocycles. The smallest absolute Gasteiger partial charge is 0.311 e. The van der Waals surface area contributed by atoms with Crippen LogP contribution in [-0.2, 0) is 9.53 Å². The van der Waals surface area contributed by atoms with E-state index in [1.165, 1.54) is 64.2 Å². The fraction of sp³-hybridized carbons (Fsp3) is 0.957. The fourth-order valence-corrected chi connectivity index (χ4v) is 3.11. The Labute approximate surface area is 163 Å². The monoisotopic (exact) mass is 370 g/mol. The molecule has 156 valence electrons. The first kappa shape index (κ1) is 25.4. The molecule has 0 aliphatic rings. The van der Waals surface area contributed by atoms with E-state index in [9.17, 15) is 9.90 Å². The summed E-state index contributed by atoms with van der Waals surface area (Å²) in [4.78, 5) is 12.6. The van der Waals surface area contributed by atoms with E-state index in [2.05, 4.69) is 13.8 Å². The number of aliphatic hydroxyl groups excluding tert-OH is 1. The van der Waals surface area contributed by atoms with Gasteiger partial charge in [-0.1, -0.05) is 112 Å². The van der Waals surface area contributed by atoms with Crippen LogP contribution < -0.4 is 0 Å². The second kappa shape index (κ2) is 15.5. The lowest BCUT2D eigenvalue weighted by Crippen LogP contribution is -2.33. The second-order valence-electron chi connectivity index (χ2n) is 8.97. The lowest BCUT2D eigenvalue weighted by atomic mass is 9.93. The molecule has 0 heterocycles. The lowest BCUT2D eigenvalue weighted by molar-refractivity contribution is -0.191. The third-order valence-electron chi connectivity index (χ3n) is 5.11. The van der Waals surface area contributed by atoms with Crippen molar-refractivity contribution in [3.63, 3.8) is 0 Å². The highest BCUT2D eigenvalue weighted by Crippen LogP contribution is 2.25. The van der Waals surface area contributed by atoms with E-state index in [1.54, 1.807) is 0 Å². The summed E-state index contributed by atoms with van der Waals surface area (Å²) in [5.74, 6) is -0.251. The largest absolute Gasteiger partial charge is 0.435 e. The van der Waals surface area contributed by atoms with E-state index in [-0.39, 0.29) is 11.9 Å². The number of esters is 1. The Kier molecular flexibility index (Phi) is 15.1. The van der Waals surface area contributed by atoms with Crippen LogP contribution >= 0.6 is 0 Å². The number of hydrogen-bond donors (Lipinski definition) is 1. The van der Waals surface area contributed by atoms with Crippen molar-refractivity contribution in [1.82, 2.24) is 0 Å². The molecule has 3 nitrogen and oxygen atoms in total. The number of hydrogen-bond acceptors (Lipinski definition) is 3. The first-order valence-corrected chi connectivity index (χ1v) is 11.2. The summed E-state index contributed by atoms with van der Waals surface area (Å²) in [5.41, 5.74) is -0.430. The Morgan fingerprint density at radius 2 is 1.15 bits per heavy atom. The van der Waals surface area contributed by atoms with E-state index in [0.717, 1.165) is 25.7 Å². The number of ether oxygens (including phenoxy) is 1. The van der Waals surface area contributed by atoms with E-state index in [0.29, 0.717) is 0 Å². The minimum absolute atomic E-state index is 0.0515. The average Bonchev–Trinajstić information content (AvgIpc) is 2.58. The van der Waals surface area contributed by atoms with Crippen LogP contribution in [0.15, 0.2) is 0 Å². The fourth-order valence-electron chi connectivity index (χ4n) is 3.11. The lowest BCUT2D eigenvalue weighted by Gasteiger charge is -2.27. The standard InChI is InChI=1S/C23H46O3/c1-6-8-10-12-14-16-18-20(19-17-15-13-11-9-7-2)21(24)26-22(25)23(3,4)5/h20,22,25H,6-19H2,1-5H3. The number of rotatable bonds is 16. The van der Waals surface area contributed by atoms with Gasteiger partial charge in [0.1, 0.15) is 0 Å². The van der Waals surface area contributed by atoms with E-state index >= 15 is 0 Å². The van der Waals surface area contributed by atoms with E-state index < -0.39 is 11.7 Å². The number of unbranched alkanes of at least 4 members (excludes halogenated alkanes) is 10. The van der Waals surface area contributed by atoms with Crippen molar-refractivity contribution in [1.29, 1.82) is 0 Å². The van der Waals surface area contributed by atoms with Gasteiger partial charge in [-0.25, -0.2) is 0 Å². The van der Waals surface area contributed by atoms with Gasteiger partial charge in [-0.15, -0.1) is 0 Å². The highest BCUT2D eigenvalue weighted by molar-refractivity contribution is 5.72. The van der Waals surface area contributed by atoms with Gasteiger partial charge in [-0.2, -0.15) is 0 Å². The molecule has 0 bridgehead atoms. The number of carbonyl (C=O) groups excluding carboxylic acids is 1. The van der Waals surface area contributed by atoms with Gasteiger partial charge in [0.15, 0.2) is 0 Å². The van der Waals surface area contributed by atoms with Crippen LogP contribution in [0.3, 0.4) is 0 Å². The van der Waals surface area contributed by atoms with Crippen LogP contribution in [0.1, 0.15) is 125 Å². The molecule has 0 rings (SSSR count). The molecule has 0 aliphatic heterocycles. The molecule has 26 heavy (non-hydrogen) atoms. The van der Waals surface area contributed by atoms with Crippen molar-refractivity contribution in [2.24, 2.45) is 11.3 Å². The Morgan fingerprint density at radius 1 is 0.769 bits per heavy atom. The van der Waals surface area contributed by atoms with Crippen molar-refractivity contribution < 1.29 is 14.6 Å². The molecule has 0 amide bonds. The molecule has 0 aromatic carbocycles. The summed E-state index contributed by atoms with van der Waals surface area (Å²) in [6, 6.07) is 0. The normalized spacial score (nSPS) is 13.2. The molecule has 0 saturated carbocycles. The summed E-state index contributed by atoms with van der Waals surface area (Å²) in [6.07, 6.45) is 15.6. The van der Waals surface area contributed by atoms with Gasteiger partial charge in [-0.05, 0) is 12.8 Å². The zero-order valence-corrected chi connectivity index (χ0v) is 18.3. The first-order valence-electron chi connectivity index (χ1n) is 11.2. The molecule has 1 N–H and O–H groups in total. The predicted molar refractivity (Wildman–Crippen MR) is 111 cm³/mol. The molecule has 1 atom stereocenters. The Hall–Kier alpha value is -0.570. The maximum Gasteiger partial charge on any atom is 0.311 e. The van der Waals surface area contributed by atoms with Gasteiger partial charge in [0.25, 0.3) is 0 Å². The van der Waals surface area contributed by atoms with Crippen LogP contribution in [0, 0.1) is 11.3 Å². The summed E-state index contributed by atoms with van der Waals surface area (Å²) in [6.45, 7) is 10.1. The molecule has 3 heteroatoms. The molecule has 0 fully saturated rings. The van der Waals surface area contributed by atoms with Crippen LogP contribution in [0.2, 0.25) is 0 Å². The van der Waals surface area contributed by atoms with Crippen molar-refractivity contribution >= 4 is 5.97 Å². The second-order valence-corrected chi connectivity index (χ2v) is 8.97. The van der Waals surface area contributed by atoms with Crippen LogP contribution in [0.4, 0.5) is 0 Å². The van der Waals surface area contributed by atoms with Crippen molar-refractivity contribution in [2.75, 3.05) is 0 Å². The van der Waals surface area contributed by atoms with Crippen LogP contribution in [0.5, 0.6) is 0 Å². The third kappa shape index (κ3) is 13.6. The van der Waals surface area contributed by atoms with E-state index in [4.69, 9.17) is 4.74 Å². The molecule has 0 aromatic rings. The van der Waals surface area contributed by atoms with Gasteiger partial charge >= 0.3 is 5.97 Å². The first-order chi connectivity index (χ1) is 12.3. The molecule has 0 spiro atoms. The number of aliphatic hydroxyl groups is 1. The van der Waals surface area contributed by atoms with Gasteiger partial charge in [0, 0.05) is 5.41 Å². The van der Waals surface area contributed by atoms with Gasteiger partial charge in [-0.3, -0.25) is 4.79 Å². The number of carbonyl (C=O) groups is 1. The summed E-state index contributed by atoms with van der Waals surface area (Å²) < 4.78 is 5.38. The molecule has 1 unspecified atom stereocenters. The van der Waals surface area contributed by atoms with Crippen LogP contribution in [-0.4, -0.2) is 17.4 Å². The Bertz CT molecular complexity index is 317. The third-order valence-corrected chi connectivity index (χ3v) is 5.11. The zero-order valence-electron chi connectivity index (χ0n) is 18.3. The maximum absolute atomic E-state index is 12.6. The summed E-state index contributed by atoms with van der Waals surface area (Å²) >= 11 is 0. The predicted octanol–water partition coefficient (Wildman–Crippen LogP) is 7.01. The topological polar surface area (TPSA) is 46.5 Å². The molecule has 0 aliphatic carbocycles. The minimum atomic E-state index is -1.02. The van der Waals surface area contributed by atoms with Gasteiger partial charge in [0.05, 0.1) is 5.92 Å². The summed E-state index contributed by atoms with van der Waals surface area (Å²) in [7, 11) is 0. The molecule has 0 saturated heterocycles. The quantitative estimate of drug-likeness (QED) is 0.180. The average molecular weight is 371 g/mol. The molecular weight excluding hydrogens is 324 g/mol. The van der Waals surface area contributed by atoms with E-state index in [1.807, 2.05) is 20.8 Å². The van der Waals surface area contributed by atoms with Crippen LogP contribution in [0.25, 0.3) is 0 Å². The summed E-state index contributed by atoms with van der Waals surface area (Å²) in [5, 5.41) is 10.1. The van der Waals surface area contributed by atoms with Crippen molar-refractivity contribution in [3.05, 3.63) is 0 Å². The maximum atomic E-state index is 12.6. The Morgan fingerprint density at radius 3 is 1.54 bits per heavy atom. The SMILES string of the molecule is CCCCCCCCC(CCCCCCCC)C(=O)OC(O)C(C)(C)C. The molecular formula is C23H46O3. The van der Waals surface area contributed by atoms with Gasteiger partial charge in [0.2, 0.25) is 6.29 Å². The zero-order chi connectivity index (χ0) is 19.8. The van der Waals surface area contributed by atoms with Crippen molar-refractivity contribution in [3.8, 4) is 0 Å². The highest BCUT2D eigenvalue weighted by atomic mass is 16.6. The highest BCUT2D eigenvalue weighted by Gasteiger charge is 2.29. The van der Waals surface area contributed by atoms with Gasteiger partial charge < -0.3 is 9.84 Å². The minimum Gasteiger partial charge on any atom is -0.435 e. The van der Waals surface area contributed by atoms with Crippen molar-refractivity contribution in [2.45, 2.75) is 131 Å².